The number of hydrogen-bond donors (Lipinski definition) is 3. The number of nitrogens with zero attached hydrogens (tertiary/aromatic N) is 4. The molecule has 33 heavy (non-hydrogen) atoms. The predicted molar refractivity (Wildman–Crippen MR) is 120 cm³/mol. The molecular weight excluding hydrogens is 463 g/mol. The van der Waals surface area contributed by atoms with E-state index in [9.17, 15) is 18.0 Å². The molecule has 0 aliphatic carbocycles. The van der Waals surface area contributed by atoms with Crippen molar-refractivity contribution in [2.45, 2.75) is 6.18 Å². The van der Waals surface area contributed by atoms with Gasteiger partial charge < -0.3 is 15.4 Å². The van der Waals surface area contributed by atoms with Crippen LogP contribution in [0.2, 0.25) is 0 Å². The Morgan fingerprint density at radius 2 is 1.70 bits per heavy atom. The highest BCUT2D eigenvalue weighted by molar-refractivity contribution is 5.90. The molecule has 3 aromatic rings. The molecule has 3 rings (SSSR count). The fourth-order valence-corrected chi connectivity index (χ4v) is 2.48. The molecule has 0 fully saturated rings. The van der Waals surface area contributed by atoms with Crippen LogP contribution in [0.3, 0.4) is 0 Å². The first-order chi connectivity index (χ1) is 15.3. The van der Waals surface area contributed by atoms with Gasteiger partial charge in [0.15, 0.2) is 0 Å². The number of halogens is 4. The second-order valence-corrected chi connectivity index (χ2v) is 6.24. The van der Waals surface area contributed by atoms with E-state index >= 15 is 0 Å². The summed E-state index contributed by atoms with van der Waals surface area (Å²) in [5.74, 6) is -0.197. The number of rotatable bonds is 7. The molecule has 0 atom stereocenters. The summed E-state index contributed by atoms with van der Waals surface area (Å²) in [6.45, 7) is 0. The highest BCUT2D eigenvalue weighted by atomic mass is 35.5. The number of carbonyl (C=O) groups is 1. The van der Waals surface area contributed by atoms with Crippen LogP contribution < -0.4 is 16.1 Å². The molecule has 0 unspecified atom stereocenters. The number of hydrogen-bond acceptors (Lipinski definition) is 9. The third-order valence-corrected chi connectivity index (χ3v) is 4.02. The minimum absolute atomic E-state index is 0. The van der Waals surface area contributed by atoms with Crippen LogP contribution in [-0.2, 0) is 10.9 Å². The summed E-state index contributed by atoms with van der Waals surface area (Å²) in [6.07, 6.45) is -2.99. The number of esters is 1. The Labute approximate surface area is 192 Å². The van der Waals surface area contributed by atoms with Crippen molar-refractivity contribution in [2.75, 3.05) is 30.2 Å². The van der Waals surface area contributed by atoms with Crippen LogP contribution >= 0.6 is 12.4 Å². The van der Waals surface area contributed by atoms with E-state index in [0.29, 0.717) is 11.1 Å². The van der Waals surface area contributed by atoms with Crippen LogP contribution in [-0.4, -0.2) is 41.3 Å². The van der Waals surface area contributed by atoms with E-state index in [-0.39, 0.29) is 35.9 Å². The van der Waals surface area contributed by atoms with Gasteiger partial charge in [-0.1, -0.05) is 18.2 Å². The lowest BCUT2D eigenvalue weighted by atomic mass is 10.1. The highest BCUT2D eigenvalue weighted by Gasteiger charge is 2.30. The molecule has 1 heterocycles. The van der Waals surface area contributed by atoms with Crippen LogP contribution in [0.4, 0.5) is 36.7 Å². The molecule has 9 nitrogen and oxygen atoms in total. The zero-order valence-corrected chi connectivity index (χ0v) is 18.2. The van der Waals surface area contributed by atoms with E-state index in [1.807, 2.05) is 0 Å². The van der Waals surface area contributed by atoms with Gasteiger partial charge in [-0.3, -0.25) is 0 Å². The Balaban J connectivity index is 0.00000385. The van der Waals surface area contributed by atoms with Gasteiger partial charge in [-0.05, 0) is 35.9 Å². The lowest BCUT2D eigenvalue weighted by molar-refractivity contribution is -0.137. The normalized spacial score (nSPS) is 10.9. The maximum absolute atomic E-state index is 12.9. The van der Waals surface area contributed by atoms with Gasteiger partial charge in [0.2, 0.25) is 17.8 Å². The molecule has 1 aromatic heterocycles. The van der Waals surface area contributed by atoms with Crippen LogP contribution in [0.15, 0.2) is 53.6 Å². The average molecular weight is 482 g/mol. The smallest absolute Gasteiger partial charge is 0.416 e. The number of aromatic nitrogens is 3. The highest BCUT2D eigenvalue weighted by Crippen LogP contribution is 2.31. The van der Waals surface area contributed by atoms with Crippen molar-refractivity contribution in [3.63, 3.8) is 0 Å². The number of nitrogens with one attached hydrogen (secondary N) is 3. The predicted octanol–water partition coefficient (Wildman–Crippen LogP) is 4.33. The van der Waals surface area contributed by atoms with Gasteiger partial charge in [-0.25, -0.2) is 10.2 Å². The van der Waals surface area contributed by atoms with Crippen LogP contribution in [0.1, 0.15) is 21.5 Å². The van der Waals surface area contributed by atoms with E-state index in [2.05, 4.69) is 40.8 Å². The van der Waals surface area contributed by atoms with Crippen molar-refractivity contribution in [3.05, 3.63) is 65.2 Å². The first-order valence-corrected chi connectivity index (χ1v) is 9.14. The first kappa shape index (κ1) is 25.3. The molecule has 0 spiro atoms. The summed E-state index contributed by atoms with van der Waals surface area (Å²) in [4.78, 5) is 23.7. The fraction of sp³-hybridized carbons (Fsp3) is 0.150. The van der Waals surface area contributed by atoms with E-state index in [1.54, 1.807) is 31.3 Å². The minimum Gasteiger partial charge on any atom is -0.465 e. The Kier molecular flexibility index (Phi) is 8.51. The molecule has 0 aliphatic rings. The monoisotopic (exact) mass is 481 g/mol. The third-order valence-electron chi connectivity index (χ3n) is 4.02. The van der Waals surface area contributed by atoms with E-state index < -0.39 is 17.7 Å². The van der Waals surface area contributed by atoms with Gasteiger partial charge in [-0.2, -0.15) is 33.2 Å². The van der Waals surface area contributed by atoms with Gasteiger partial charge in [0, 0.05) is 12.7 Å². The van der Waals surface area contributed by atoms with E-state index in [4.69, 9.17) is 0 Å². The van der Waals surface area contributed by atoms with Crippen molar-refractivity contribution < 1.29 is 22.7 Å². The summed E-state index contributed by atoms with van der Waals surface area (Å²) < 4.78 is 43.4. The van der Waals surface area contributed by atoms with Crippen LogP contribution in [0.25, 0.3) is 0 Å². The Hall–Kier alpha value is -3.93. The molecule has 13 heteroatoms. The summed E-state index contributed by atoms with van der Waals surface area (Å²) >= 11 is 0. The molecule has 0 aliphatic heterocycles. The number of ether oxygens (including phenoxy) is 1. The molecular formula is C20H19ClF3N7O2. The number of benzene rings is 2. The van der Waals surface area contributed by atoms with Gasteiger partial charge >= 0.3 is 12.1 Å². The lowest BCUT2D eigenvalue weighted by Gasteiger charge is -2.11. The Bertz CT molecular complexity index is 1130. The van der Waals surface area contributed by atoms with Crippen molar-refractivity contribution in [2.24, 2.45) is 5.10 Å². The SMILES string of the molecule is CNc1nc(N/N=C/c2ccc(C(=O)OC)cc2)nc(Nc2cccc(C(F)(F)F)c2)n1.Cl. The first-order valence-electron chi connectivity index (χ1n) is 9.14. The standard InChI is InChI=1S/C20H18F3N7O2.ClH/c1-24-17-27-18(26-15-5-3-4-14(10-15)20(21,22)23)29-19(28-17)30-25-11-12-6-8-13(9-7-12)16(31)32-2;/h3-11H,1-2H3,(H3,24,26,27,28,29,30);1H/b25-11+;. The number of alkyl halides is 3. The van der Waals surface area contributed by atoms with Crippen LogP contribution in [0.5, 0.6) is 0 Å². The van der Waals surface area contributed by atoms with E-state index in [1.165, 1.54) is 25.5 Å². The van der Waals surface area contributed by atoms with Gasteiger partial charge in [0.25, 0.3) is 0 Å². The number of methoxy groups -OCH3 is 1. The van der Waals surface area contributed by atoms with Crippen LogP contribution in [0, 0.1) is 0 Å². The van der Waals surface area contributed by atoms with Crippen molar-refractivity contribution in [3.8, 4) is 0 Å². The summed E-state index contributed by atoms with van der Waals surface area (Å²) in [6, 6.07) is 11.2. The Morgan fingerprint density at radius 1 is 1.03 bits per heavy atom. The third kappa shape index (κ3) is 7.04. The zero-order valence-electron chi connectivity index (χ0n) is 17.3. The quantitative estimate of drug-likeness (QED) is 0.259. The second kappa shape index (κ2) is 11.1. The molecule has 3 N–H and O–H groups in total. The summed E-state index contributed by atoms with van der Waals surface area (Å²) in [7, 11) is 2.88. The fourth-order valence-electron chi connectivity index (χ4n) is 2.48. The molecule has 0 radical (unpaired) electrons. The summed E-state index contributed by atoms with van der Waals surface area (Å²) in [5.41, 5.74) is 3.09. The van der Waals surface area contributed by atoms with Crippen molar-refractivity contribution in [1.29, 1.82) is 0 Å². The molecule has 0 amide bonds. The maximum atomic E-state index is 12.9. The molecule has 0 bridgehead atoms. The van der Waals surface area contributed by atoms with Gasteiger partial charge in [-0.15, -0.1) is 12.4 Å². The molecule has 0 saturated heterocycles. The second-order valence-electron chi connectivity index (χ2n) is 6.24. The van der Waals surface area contributed by atoms with Gasteiger partial charge in [0.05, 0.1) is 24.5 Å². The largest absolute Gasteiger partial charge is 0.465 e. The van der Waals surface area contributed by atoms with Crippen molar-refractivity contribution in [1.82, 2.24) is 15.0 Å². The maximum Gasteiger partial charge on any atom is 0.416 e. The molecule has 2 aromatic carbocycles. The molecule has 0 saturated carbocycles. The number of carbonyl (C=O) groups excluding carboxylic acids is 1. The molecule has 174 valence electrons. The number of hydrazone groups is 1. The van der Waals surface area contributed by atoms with Gasteiger partial charge in [0.1, 0.15) is 0 Å². The summed E-state index contributed by atoms with van der Waals surface area (Å²) in [5, 5.41) is 9.49. The topological polar surface area (TPSA) is 113 Å². The average Bonchev–Trinajstić information content (AvgIpc) is 2.78. The zero-order chi connectivity index (χ0) is 23.1. The number of anilines is 4. The lowest BCUT2D eigenvalue weighted by Crippen LogP contribution is -2.08. The minimum atomic E-state index is -4.47. The van der Waals surface area contributed by atoms with Crippen molar-refractivity contribution >= 4 is 48.1 Å². The Morgan fingerprint density at radius 3 is 2.33 bits per heavy atom. The van der Waals surface area contributed by atoms with E-state index in [0.717, 1.165) is 12.1 Å².